The second kappa shape index (κ2) is 8.54. The molecule has 0 unspecified atom stereocenters. The number of aromatic nitrogens is 3. The predicted octanol–water partition coefficient (Wildman–Crippen LogP) is 2.42. The number of benzene rings is 1. The molecular weight excluding hydrogens is 384 g/mol. The molecule has 8 heteroatoms. The van der Waals surface area contributed by atoms with Crippen molar-refractivity contribution in [2.75, 3.05) is 27.9 Å². The van der Waals surface area contributed by atoms with E-state index in [1.165, 1.54) is 0 Å². The Hall–Kier alpha value is -3.39. The van der Waals surface area contributed by atoms with Gasteiger partial charge in [-0.25, -0.2) is 4.98 Å². The summed E-state index contributed by atoms with van der Waals surface area (Å²) in [5, 5.41) is 0. The number of aromatic amines is 1. The van der Waals surface area contributed by atoms with Crippen molar-refractivity contribution in [3.63, 3.8) is 0 Å². The average molecular weight is 408 g/mol. The van der Waals surface area contributed by atoms with Crippen molar-refractivity contribution < 1.29 is 14.2 Å². The Morgan fingerprint density at radius 3 is 2.43 bits per heavy atom. The van der Waals surface area contributed by atoms with Gasteiger partial charge in [0.1, 0.15) is 11.6 Å². The second-order valence-corrected chi connectivity index (χ2v) is 7.06. The summed E-state index contributed by atoms with van der Waals surface area (Å²) >= 11 is 0. The maximum Gasteiger partial charge on any atom is 0.255 e. The van der Waals surface area contributed by atoms with E-state index in [-0.39, 0.29) is 5.56 Å². The van der Waals surface area contributed by atoms with Crippen LogP contribution in [0.4, 0.5) is 0 Å². The third kappa shape index (κ3) is 3.86. The number of nitrogens with one attached hydrogen (secondary N) is 1. The van der Waals surface area contributed by atoms with Crippen LogP contribution in [-0.2, 0) is 19.5 Å². The van der Waals surface area contributed by atoms with Gasteiger partial charge < -0.3 is 19.2 Å². The highest BCUT2D eigenvalue weighted by molar-refractivity contribution is 5.54. The summed E-state index contributed by atoms with van der Waals surface area (Å²) < 4.78 is 16.3. The molecule has 2 aromatic heterocycles. The van der Waals surface area contributed by atoms with E-state index in [1.54, 1.807) is 33.7 Å². The molecule has 0 aliphatic carbocycles. The molecule has 156 valence electrons. The molecule has 1 aliphatic heterocycles. The molecule has 4 rings (SSSR count). The Kier molecular flexibility index (Phi) is 5.67. The first-order valence-corrected chi connectivity index (χ1v) is 9.66. The molecular formula is C22H24N4O4. The first-order chi connectivity index (χ1) is 14.6. The van der Waals surface area contributed by atoms with E-state index < -0.39 is 0 Å². The minimum Gasteiger partial charge on any atom is -0.496 e. The van der Waals surface area contributed by atoms with Crippen LogP contribution in [0.15, 0.2) is 41.5 Å². The van der Waals surface area contributed by atoms with Crippen LogP contribution in [0.5, 0.6) is 17.2 Å². The molecule has 30 heavy (non-hydrogen) atoms. The van der Waals surface area contributed by atoms with Gasteiger partial charge in [0.25, 0.3) is 5.56 Å². The van der Waals surface area contributed by atoms with Crippen LogP contribution in [0.3, 0.4) is 0 Å². The van der Waals surface area contributed by atoms with Gasteiger partial charge in [0.05, 0.1) is 32.6 Å². The predicted molar refractivity (Wildman–Crippen MR) is 112 cm³/mol. The van der Waals surface area contributed by atoms with Gasteiger partial charge in [-0.15, -0.1) is 0 Å². The summed E-state index contributed by atoms with van der Waals surface area (Å²) in [7, 11) is 4.83. The van der Waals surface area contributed by atoms with Crippen molar-refractivity contribution in [3.8, 4) is 28.6 Å². The molecule has 8 nitrogen and oxygen atoms in total. The maximum atomic E-state index is 12.8. The quantitative estimate of drug-likeness (QED) is 0.670. The Balaban J connectivity index is 1.59. The molecule has 3 aromatic rings. The molecule has 0 bridgehead atoms. The lowest BCUT2D eigenvalue weighted by Gasteiger charge is -2.28. The monoisotopic (exact) mass is 408 g/mol. The highest BCUT2D eigenvalue weighted by Crippen LogP contribution is 2.35. The molecule has 0 amide bonds. The van der Waals surface area contributed by atoms with Gasteiger partial charge in [-0.1, -0.05) is 0 Å². The van der Waals surface area contributed by atoms with E-state index in [1.807, 2.05) is 24.3 Å². The molecule has 0 saturated heterocycles. The minimum absolute atomic E-state index is 0.101. The first-order valence-electron chi connectivity index (χ1n) is 9.66. The van der Waals surface area contributed by atoms with Crippen molar-refractivity contribution in [1.82, 2.24) is 19.9 Å². The van der Waals surface area contributed by atoms with Gasteiger partial charge in [0.2, 0.25) is 0 Å². The lowest BCUT2D eigenvalue weighted by molar-refractivity contribution is 0.237. The molecule has 0 atom stereocenters. The minimum atomic E-state index is -0.101. The van der Waals surface area contributed by atoms with Crippen LogP contribution in [0.1, 0.15) is 16.8 Å². The fourth-order valence-electron chi connectivity index (χ4n) is 3.72. The van der Waals surface area contributed by atoms with Gasteiger partial charge in [-0.3, -0.25) is 14.7 Å². The Bertz CT molecular complexity index is 1100. The smallest absolute Gasteiger partial charge is 0.255 e. The van der Waals surface area contributed by atoms with Gasteiger partial charge in [-0.05, 0) is 18.2 Å². The number of hydrogen-bond acceptors (Lipinski definition) is 7. The summed E-state index contributed by atoms with van der Waals surface area (Å²) in [5.41, 5.74) is 3.27. The van der Waals surface area contributed by atoms with Gasteiger partial charge in [0, 0.05) is 55.6 Å². The van der Waals surface area contributed by atoms with Crippen molar-refractivity contribution in [2.24, 2.45) is 0 Å². The van der Waals surface area contributed by atoms with Crippen LogP contribution < -0.4 is 19.8 Å². The lowest BCUT2D eigenvalue weighted by atomic mass is 10.0. The molecule has 1 aromatic carbocycles. The lowest BCUT2D eigenvalue weighted by Crippen LogP contribution is -2.35. The topological polar surface area (TPSA) is 89.6 Å². The Morgan fingerprint density at radius 2 is 1.73 bits per heavy atom. The summed E-state index contributed by atoms with van der Waals surface area (Å²) in [6.07, 6.45) is 4.08. The number of ether oxygens (including phenoxy) is 3. The number of methoxy groups -OCH3 is 3. The van der Waals surface area contributed by atoms with E-state index in [0.717, 1.165) is 29.1 Å². The summed E-state index contributed by atoms with van der Waals surface area (Å²) in [6, 6.07) is 7.41. The summed E-state index contributed by atoms with van der Waals surface area (Å²) in [5.74, 6) is 2.56. The van der Waals surface area contributed by atoms with Crippen LogP contribution >= 0.6 is 0 Å². The molecule has 0 fully saturated rings. The number of hydrogen-bond donors (Lipinski definition) is 1. The Labute approximate surface area is 174 Å². The number of rotatable bonds is 6. The molecule has 1 aliphatic rings. The summed E-state index contributed by atoms with van der Waals surface area (Å²) in [4.78, 5) is 26.6. The Morgan fingerprint density at radius 1 is 1.03 bits per heavy atom. The third-order valence-corrected chi connectivity index (χ3v) is 5.28. The third-order valence-electron chi connectivity index (χ3n) is 5.28. The zero-order valence-corrected chi connectivity index (χ0v) is 17.3. The molecule has 0 spiro atoms. The van der Waals surface area contributed by atoms with Crippen molar-refractivity contribution in [2.45, 2.75) is 19.5 Å². The zero-order valence-electron chi connectivity index (χ0n) is 17.3. The van der Waals surface area contributed by atoms with E-state index in [9.17, 15) is 4.79 Å². The fraction of sp³-hybridized carbons (Fsp3) is 0.318. The van der Waals surface area contributed by atoms with Crippen LogP contribution in [0, 0.1) is 0 Å². The second-order valence-electron chi connectivity index (χ2n) is 7.06. The normalized spacial score (nSPS) is 13.6. The summed E-state index contributed by atoms with van der Waals surface area (Å²) in [6.45, 7) is 1.93. The highest BCUT2D eigenvalue weighted by Gasteiger charge is 2.23. The number of nitrogens with zero attached hydrogens (tertiary/aromatic N) is 3. The molecule has 0 saturated carbocycles. The number of H-pyrrole nitrogens is 1. The highest BCUT2D eigenvalue weighted by atomic mass is 16.5. The van der Waals surface area contributed by atoms with Gasteiger partial charge in [0.15, 0.2) is 11.5 Å². The van der Waals surface area contributed by atoms with Crippen LogP contribution in [0.2, 0.25) is 0 Å². The zero-order chi connectivity index (χ0) is 21.1. The maximum absolute atomic E-state index is 12.8. The fourth-order valence-corrected chi connectivity index (χ4v) is 3.72. The van der Waals surface area contributed by atoms with Crippen LogP contribution in [0.25, 0.3) is 11.4 Å². The van der Waals surface area contributed by atoms with Crippen molar-refractivity contribution >= 4 is 0 Å². The molecule has 1 N–H and O–H groups in total. The number of pyridine rings is 1. The average Bonchev–Trinajstić information content (AvgIpc) is 2.79. The standard InChI is InChI=1S/C22H24N4O4/c1-28-18-11-20(30-3)19(29-2)10-15(18)12-26-9-6-17-16(13-26)22(27)25-21(24-17)14-4-7-23-8-5-14/h4-5,7-8,10-11H,6,9,12-13H2,1-3H3,(H,24,25,27). The first kappa shape index (κ1) is 19.9. The van der Waals surface area contributed by atoms with Crippen molar-refractivity contribution in [1.29, 1.82) is 0 Å². The van der Waals surface area contributed by atoms with Crippen LogP contribution in [-0.4, -0.2) is 47.7 Å². The van der Waals surface area contributed by atoms with E-state index in [0.29, 0.717) is 42.4 Å². The SMILES string of the molecule is COc1cc(OC)c(OC)cc1CN1CCc2nc(-c3ccncc3)[nH]c(=O)c2C1. The van der Waals surface area contributed by atoms with Gasteiger partial charge in [-0.2, -0.15) is 0 Å². The molecule has 0 radical (unpaired) electrons. The van der Waals surface area contributed by atoms with Gasteiger partial charge >= 0.3 is 0 Å². The molecule has 3 heterocycles. The number of fused-ring (bicyclic) bond motifs is 1. The van der Waals surface area contributed by atoms with E-state index in [4.69, 9.17) is 19.2 Å². The largest absolute Gasteiger partial charge is 0.496 e. The van der Waals surface area contributed by atoms with E-state index in [2.05, 4.69) is 14.9 Å². The van der Waals surface area contributed by atoms with Crippen molar-refractivity contribution in [3.05, 3.63) is 63.8 Å². The van der Waals surface area contributed by atoms with E-state index >= 15 is 0 Å².